The first-order valence-corrected chi connectivity index (χ1v) is 6.39. The number of benzene rings is 1. The van der Waals surface area contributed by atoms with Crippen molar-refractivity contribution in [3.05, 3.63) is 72.6 Å². The second kappa shape index (κ2) is 5.48. The molecule has 0 bridgehead atoms. The number of hydrogen-bond donors (Lipinski definition) is 0. The van der Waals surface area contributed by atoms with E-state index in [9.17, 15) is 0 Å². The highest BCUT2D eigenvalue weighted by Crippen LogP contribution is 2.14. The minimum atomic E-state index is 0.863. The number of nitrogens with zero attached hydrogens (tertiary/aromatic N) is 4. The average Bonchev–Trinajstić information content (AvgIpc) is 2.97. The molecule has 3 aromatic rings. The van der Waals surface area contributed by atoms with Gasteiger partial charge in [0.05, 0.1) is 23.3 Å². The third-order valence-electron chi connectivity index (χ3n) is 2.96. The molecule has 0 saturated heterocycles. The Morgan fingerprint density at radius 3 is 2.70 bits per heavy atom. The highest BCUT2D eigenvalue weighted by molar-refractivity contribution is 5.77. The summed E-state index contributed by atoms with van der Waals surface area (Å²) in [6.07, 6.45) is 9.06. The van der Waals surface area contributed by atoms with Crippen molar-refractivity contribution in [1.82, 2.24) is 19.7 Å². The van der Waals surface area contributed by atoms with Crippen molar-refractivity contribution in [2.75, 3.05) is 0 Å². The van der Waals surface area contributed by atoms with Crippen molar-refractivity contribution in [1.29, 1.82) is 0 Å². The molecule has 0 atom stereocenters. The van der Waals surface area contributed by atoms with E-state index in [1.54, 1.807) is 18.6 Å². The monoisotopic (exact) mass is 262 g/mol. The predicted octanol–water partition coefficient (Wildman–Crippen LogP) is 3.22. The lowest BCUT2D eigenvalue weighted by Crippen LogP contribution is -1.94. The van der Waals surface area contributed by atoms with Gasteiger partial charge in [0.25, 0.3) is 0 Å². The van der Waals surface area contributed by atoms with E-state index in [0.717, 1.165) is 22.6 Å². The summed E-state index contributed by atoms with van der Waals surface area (Å²) in [7, 11) is 0. The van der Waals surface area contributed by atoms with Gasteiger partial charge < -0.3 is 0 Å². The maximum atomic E-state index is 4.54. The van der Waals surface area contributed by atoms with Crippen LogP contribution in [0.3, 0.4) is 0 Å². The van der Waals surface area contributed by atoms with Crippen LogP contribution in [-0.2, 0) is 0 Å². The van der Waals surface area contributed by atoms with Crippen molar-refractivity contribution < 1.29 is 0 Å². The molecule has 2 heterocycles. The molecular formula is C16H14N4. The van der Waals surface area contributed by atoms with Gasteiger partial charge in [0.15, 0.2) is 0 Å². The Balaban J connectivity index is 1.88. The summed E-state index contributed by atoms with van der Waals surface area (Å²) >= 11 is 0. The number of hydrogen-bond acceptors (Lipinski definition) is 3. The van der Waals surface area contributed by atoms with Crippen molar-refractivity contribution in [3.63, 3.8) is 0 Å². The zero-order chi connectivity index (χ0) is 13.8. The Hall–Kier alpha value is -2.75. The number of para-hydroxylation sites is 1. The van der Waals surface area contributed by atoms with Gasteiger partial charge >= 0.3 is 0 Å². The zero-order valence-corrected chi connectivity index (χ0v) is 11.1. The minimum absolute atomic E-state index is 0.863. The van der Waals surface area contributed by atoms with E-state index in [0.29, 0.717) is 0 Å². The lowest BCUT2D eigenvalue weighted by molar-refractivity contribution is 0.876. The fraction of sp³-hybridized carbons (Fsp3) is 0.0625. The van der Waals surface area contributed by atoms with Crippen molar-refractivity contribution in [2.45, 2.75) is 6.92 Å². The lowest BCUT2D eigenvalue weighted by atomic mass is 10.2. The molecule has 2 aromatic heterocycles. The van der Waals surface area contributed by atoms with Crippen LogP contribution < -0.4 is 0 Å². The third-order valence-corrected chi connectivity index (χ3v) is 2.96. The van der Waals surface area contributed by atoms with Crippen molar-refractivity contribution in [3.8, 4) is 5.69 Å². The molecule has 0 fully saturated rings. The Kier molecular flexibility index (Phi) is 3.37. The normalized spacial score (nSPS) is 11.6. The van der Waals surface area contributed by atoms with Gasteiger partial charge in [-0.2, -0.15) is 5.10 Å². The first kappa shape index (κ1) is 12.3. The molecule has 20 heavy (non-hydrogen) atoms. The maximum Gasteiger partial charge on any atom is 0.0858 e. The third kappa shape index (κ3) is 2.64. The maximum absolute atomic E-state index is 4.54. The van der Waals surface area contributed by atoms with Crippen LogP contribution in [-0.4, -0.2) is 19.7 Å². The highest BCUT2D eigenvalue weighted by atomic mass is 15.3. The van der Waals surface area contributed by atoms with E-state index in [-0.39, 0.29) is 0 Å². The Morgan fingerprint density at radius 1 is 1.10 bits per heavy atom. The van der Waals surface area contributed by atoms with Gasteiger partial charge in [-0.25, -0.2) is 4.68 Å². The van der Waals surface area contributed by atoms with Crippen LogP contribution in [0.2, 0.25) is 0 Å². The van der Waals surface area contributed by atoms with Crippen molar-refractivity contribution in [2.24, 2.45) is 0 Å². The molecular weight excluding hydrogens is 248 g/mol. The van der Waals surface area contributed by atoms with Gasteiger partial charge in [-0.1, -0.05) is 18.2 Å². The summed E-state index contributed by atoms with van der Waals surface area (Å²) in [6, 6.07) is 12.0. The molecule has 0 saturated carbocycles. The van der Waals surface area contributed by atoms with Gasteiger partial charge in [-0.3, -0.25) is 9.97 Å². The van der Waals surface area contributed by atoms with E-state index in [1.807, 2.05) is 60.3 Å². The Bertz CT molecular complexity index is 715. The van der Waals surface area contributed by atoms with Crippen molar-refractivity contribution >= 4 is 11.6 Å². The summed E-state index contributed by atoms with van der Waals surface area (Å²) in [5, 5.41) is 4.54. The molecule has 1 aromatic carbocycles. The molecule has 0 radical (unpaired) electrons. The fourth-order valence-electron chi connectivity index (χ4n) is 1.94. The molecule has 0 amide bonds. The molecule has 4 heteroatoms. The molecule has 0 aliphatic heterocycles. The Labute approximate surface area is 117 Å². The summed E-state index contributed by atoms with van der Waals surface area (Å²) < 4.78 is 1.86. The SMILES string of the molecule is C/C(=C/c1ccn(-c2ccccc2)n1)c1cnccn1. The average molecular weight is 262 g/mol. The largest absolute Gasteiger partial charge is 0.261 e. The van der Waals surface area contributed by atoms with Crippen LogP contribution in [0.25, 0.3) is 17.3 Å². The summed E-state index contributed by atoms with van der Waals surface area (Å²) in [6.45, 7) is 2.01. The number of aromatic nitrogens is 4. The second-order valence-corrected chi connectivity index (χ2v) is 4.44. The fourth-order valence-corrected chi connectivity index (χ4v) is 1.94. The Morgan fingerprint density at radius 2 is 1.95 bits per heavy atom. The van der Waals surface area contributed by atoms with Gasteiger partial charge in [0.2, 0.25) is 0 Å². The van der Waals surface area contributed by atoms with Crippen LogP contribution in [0.5, 0.6) is 0 Å². The van der Waals surface area contributed by atoms with Crippen LogP contribution in [0.4, 0.5) is 0 Å². The van der Waals surface area contributed by atoms with Gasteiger partial charge in [0, 0.05) is 18.6 Å². The van der Waals surface area contributed by atoms with E-state index in [4.69, 9.17) is 0 Å². The van der Waals surface area contributed by atoms with E-state index in [2.05, 4.69) is 15.1 Å². The van der Waals surface area contributed by atoms with Crippen LogP contribution >= 0.6 is 0 Å². The molecule has 0 spiro atoms. The van der Waals surface area contributed by atoms with E-state index < -0.39 is 0 Å². The number of rotatable bonds is 3. The first-order chi connectivity index (χ1) is 9.83. The van der Waals surface area contributed by atoms with E-state index >= 15 is 0 Å². The molecule has 3 rings (SSSR count). The summed E-state index contributed by atoms with van der Waals surface area (Å²) in [5.41, 5.74) is 3.85. The lowest BCUT2D eigenvalue weighted by Gasteiger charge is -2.00. The zero-order valence-electron chi connectivity index (χ0n) is 11.1. The first-order valence-electron chi connectivity index (χ1n) is 6.39. The molecule has 98 valence electrons. The topological polar surface area (TPSA) is 43.6 Å². The van der Waals surface area contributed by atoms with E-state index in [1.165, 1.54) is 0 Å². The van der Waals surface area contributed by atoms with Crippen LogP contribution in [0.1, 0.15) is 18.3 Å². The van der Waals surface area contributed by atoms with Gasteiger partial charge in [-0.05, 0) is 36.8 Å². The predicted molar refractivity (Wildman–Crippen MR) is 79.1 cm³/mol. The van der Waals surface area contributed by atoms with Crippen LogP contribution in [0, 0.1) is 0 Å². The quantitative estimate of drug-likeness (QED) is 0.728. The summed E-state index contributed by atoms with van der Waals surface area (Å²) in [5.74, 6) is 0. The molecule has 4 nitrogen and oxygen atoms in total. The smallest absolute Gasteiger partial charge is 0.0858 e. The minimum Gasteiger partial charge on any atom is -0.261 e. The van der Waals surface area contributed by atoms with Gasteiger partial charge in [-0.15, -0.1) is 0 Å². The highest BCUT2D eigenvalue weighted by Gasteiger charge is 2.01. The van der Waals surface area contributed by atoms with Gasteiger partial charge in [0.1, 0.15) is 0 Å². The number of allylic oxidation sites excluding steroid dienone is 1. The molecule has 0 N–H and O–H groups in total. The second-order valence-electron chi connectivity index (χ2n) is 4.44. The molecule has 0 aliphatic rings. The molecule has 0 aliphatic carbocycles. The van der Waals surface area contributed by atoms with Crippen LogP contribution in [0.15, 0.2) is 61.2 Å². The molecule has 0 unspecified atom stereocenters. The summed E-state index contributed by atoms with van der Waals surface area (Å²) in [4.78, 5) is 8.35. The standard InChI is InChI=1S/C16H14N4/c1-13(16-12-17-8-9-18-16)11-14-7-10-20(19-14)15-5-3-2-4-6-15/h2-12H,1H3/b13-11-.